The summed E-state index contributed by atoms with van der Waals surface area (Å²) < 4.78 is 0. The van der Waals surface area contributed by atoms with Crippen LogP contribution < -0.4 is 5.32 Å². The largest absolute Gasteiger partial charge is 0.310 e. The second-order valence-electron chi connectivity index (χ2n) is 6.50. The third-order valence-corrected chi connectivity index (χ3v) is 4.65. The highest BCUT2D eigenvalue weighted by atomic mass is 15.3. The molecule has 1 N–H and O–H groups in total. The van der Waals surface area contributed by atoms with Gasteiger partial charge in [0.1, 0.15) is 0 Å². The van der Waals surface area contributed by atoms with E-state index in [1.165, 1.54) is 57.9 Å². The topological polar surface area (TPSA) is 15.3 Å². The molecule has 1 aliphatic carbocycles. The summed E-state index contributed by atoms with van der Waals surface area (Å²) in [6.07, 6.45) is 11.0. The lowest BCUT2D eigenvalue weighted by Gasteiger charge is -2.23. The molecule has 3 atom stereocenters. The van der Waals surface area contributed by atoms with Crippen molar-refractivity contribution in [3.8, 4) is 0 Å². The van der Waals surface area contributed by atoms with Crippen molar-refractivity contribution in [3.05, 3.63) is 0 Å². The Morgan fingerprint density at radius 1 is 1.17 bits per heavy atom. The smallest absolute Gasteiger partial charge is 0.0212 e. The molecule has 0 spiro atoms. The van der Waals surface area contributed by atoms with Crippen LogP contribution in [0.1, 0.15) is 72.1 Å². The van der Waals surface area contributed by atoms with Crippen LogP contribution in [0.15, 0.2) is 0 Å². The molecule has 2 fully saturated rings. The summed E-state index contributed by atoms with van der Waals surface area (Å²) in [6, 6.07) is 3.27. The molecule has 1 heterocycles. The molecule has 0 radical (unpaired) electrons. The maximum atomic E-state index is 3.95. The molecule has 1 aliphatic heterocycles. The van der Waals surface area contributed by atoms with Gasteiger partial charge in [-0.15, -0.1) is 0 Å². The highest BCUT2D eigenvalue weighted by Crippen LogP contribution is 2.33. The van der Waals surface area contributed by atoms with Gasteiger partial charge in [-0.25, -0.2) is 0 Å². The van der Waals surface area contributed by atoms with Crippen LogP contribution in [0.25, 0.3) is 0 Å². The van der Waals surface area contributed by atoms with Crippen LogP contribution in [0.2, 0.25) is 0 Å². The summed E-state index contributed by atoms with van der Waals surface area (Å²) in [7, 11) is 0. The second kappa shape index (κ2) is 6.91. The Morgan fingerprint density at radius 3 is 2.56 bits per heavy atom. The third-order valence-electron chi connectivity index (χ3n) is 4.65. The molecule has 18 heavy (non-hydrogen) atoms. The molecule has 1 saturated carbocycles. The Labute approximate surface area is 114 Å². The van der Waals surface area contributed by atoms with Gasteiger partial charge < -0.3 is 5.32 Å². The summed E-state index contributed by atoms with van der Waals surface area (Å²) in [5.74, 6) is 0. The van der Waals surface area contributed by atoms with Crippen LogP contribution >= 0.6 is 0 Å². The quantitative estimate of drug-likeness (QED) is 0.710. The lowest BCUT2D eigenvalue weighted by molar-refractivity contribution is 0.253. The number of likely N-dealkylation sites (tertiary alicyclic amines) is 1. The molecular weight excluding hydrogens is 220 g/mol. The van der Waals surface area contributed by atoms with E-state index in [1.54, 1.807) is 0 Å². The van der Waals surface area contributed by atoms with Gasteiger partial charge in [0, 0.05) is 30.7 Å². The van der Waals surface area contributed by atoms with E-state index in [0.717, 1.165) is 24.2 Å². The first-order valence-corrected chi connectivity index (χ1v) is 8.26. The minimum absolute atomic E-state index is 0.758. The monoisotopic (exact) mass is 252 g/mol. The van der Waals surface area contributed by atoms with E-state index in [2.05, 4.69) is 31.0 Å². The first kappa shape index (κ1) is 14.3. The molecule has 106 valence electrons. The van der Waals surface area contributed by atoms with E-state index < -0.39 is 0 Å². The maximum absolute atomic E-state index is 3.95. The number of unbranched alkanes of at least 4 members (excludes halogenated alkanes) is 1. The van der Waals surface area contributed by atoms with Gasteiger partial charge >= 0.3 is 0 Å². The number of nitrogens with zero attached hydrogens (tertiary/aromatic N) is 1. The summed E-state index contributed by atoms with van der Waals surface area (Å²) in [5.41, 5.74) is 0. The molecule has 0 bridgehead atoms. The molecule has 3 unspecified atom stereocenters. The lowest BCUT2D eigenvalue weighted by Crippen LogP contribution is -2.40. The first-order chi connectivity index (χ1) is 8.74. The fourth-order valence-corrected chi connectivity index (χ4v) is 3.54. The van der Waals surface area contributed by atoms with Gasteiger partial charge in [0.15, 0.2) is 0 Å². The van der Waals surface area contributed by atoms with Crippen LogP contribution in [0.5, 0.6) is 0 Å². The molecule has 2 nitrogen and oxygen atoms in total. The molecule has 0 aromatic heterocycles. The number of rotatable bonds is 8. The Hall–Kier alpha value is -0.0800. The van der Waals surface area contributed by atoms with Crippen molar-refractivity contribution in [3.63, 3.8) is 0 Å². The third kappa shape index (κ3) is 3.96. The normalized spacial score (nSPS) is 30.8. The van der Waals surface area contributed by atoms with Gasteiger partial charge in [-0.05, 0) is 39.0 Å². The van der Waals surface area contributed by atoms with Gasteiger partial charge in [-0.1, -0.05) is 33.1 Å². The zero-order valence-electron chi connectivity index (χ0n) is 12.6. The van der Waals surface area contributed by atoms with Gasteiger partial charge in [0.05, 0.1) is 0 Å². The zero-order valence-corrected chi connectivity index (χ0v) is 12.6. The summed E-state index contributed by atoms with van der Waals surface area (Å²) in [5, 5.41) is 3.95. The number of hydrogen-bond donors (Lipinski definition) is 1. The van der Waals surface area contributed by atoms with Crippen molar-refractivity contribution in [1.29, 1.82) is 0 Å². The molecule has 2 aliphatic rings. The second-order valence-corrected chi connectivity index (χ2v) is 6.50. The van der Waals surface area contributed by atoms with Crippen molar-refractivity contribution in [2.45, 2.75) is 96.3 Å². The van der Waals surface area contributed by atoms with E-state index in [4.69, 9.17) is 0 Å². The van der Waals surface area contributed by atoms with Crippen molar-refractivity contribution < 1.29 is 0 Å². The van der Waals surface area contributed by atoms with Gasteiger partial charge in [-0.2, -0.15) is 0 Å². The predicted molar refractivity (Wildman–Crippen MR) is 79.0 cm³/mol. The Morgan fingerprint density at radius 2 is 1.94 bits per heavy atom. The number of hydrogen-bond acceptors (Lipinski definition) is 2. The van der Waals surface area contributed by atoms with Gasteiger partial charge in [0.2, 0.25) is 0 Å². The van der Waals surface area contributed by atoms with Gasteiger partial charge in [0.25, 0.3) is 0 Å². The predicted octanol–water partition coefficient (Wildman–Crippen LogP) is 3.56. The van der Waals surface area contributed by atoms with Crippen LogP contribution in [-0.2, 0) is 0 Å². The highest BCUT2D eigenvalue weighted by Gasteiger charge is 2.38. The lowest BCUT2D eigenvalue weighted by atomic mass is 10.0. The standard InChI is InChI=1S/C16H32N2/c1-4-6-8-14(7-5-2)17-15-11-13(3)18(12-15)16-9-10-16/h13-17H,4-12H2,1-3H3. The van der Waals surface area contributed by atoms with E-state index in [0.29, 0.717) is 0 Å². The van der Waals surface area contributed by atoms with E-state index in [1.807, 2.05) is 0 Å². The Kier molecular flexibility index (Phi) is 5.50. The fourth-order valence-electron chi connectivity index (χ4n) is 3.54. The van der Waals surface area contributed by atoms with E-state index in [9.17, 15) is 0 Å². The van der Waals surface area contributed by atoms with Crippen molar-refractivity contribution in [2.24, 2.45) is 0 Å². The molecular formula is C16H32N2. The van der Waals surface area contributed by atoms with Crippen LogP contribution in [0.3, 0.4) is 0 Å². The average molecular weight is 252 g/mol. The van der Waals surface area contributed by atoms with Crippen molar-refractivity contribution in [1.82, 2.24) is 10.2 Å². The van der Waals surface area contributed by atoms with Crippen molar-refractivity contribution in [2.75, 3.05) is 6.54 Å². The molecule has 2 heteroatoms. The van der Waals surface area contributed by atoms with Crippen molar-refractivity contribution >= 4 is 0 Å². The zero-order chi connectivity index (χ0) is 13.0. The molecule has 1 saturated heterocycles. The highest BCUT2D eigenvalue weighted by molar-refractivity contribution is 4.96. The SMILES string of the molecule is CCCCC(CCC)NC1CC(C)N(C2CC2)C1. The average Bonchev–Trinajstić information content (AvgIpc) is 3.12. The van der Waals surface area contributed by atoms with Crippen LogP contribution in [0.4, 0.5) is 0 Å². The van der Waals surface area contributed by atoms with E-state index >= 15 is 0 Å². The Bertz CT molecular complexity index is 237. The first-order valence-electron chi connectivity index (χ1n) is 8.26. The summed E-state index contributed by atoms with van der Waals surface area (Å²) in [6.45, 7) is 8.34. The van der Waals surface area contributed by atoms with Crippen LogP contribution in [-0.4, -0.2) is 35.6 Å². The fraction of sp³-hybridized carbons (Fsp3) is 1.00. The Balaban J connectivity index is 1.76. The van der Waals surface area contributed by atoms with E-state index in [-0.39, 0.29) is 0 Å². The molecule has 0 aromatic rings. The summed E-state index contributed by atoms with van der Waals surface area (Å²) >= 11 is 0. The minimum atomic E-state index is 0.758. The minimum Gasteiger partial charge on any atom is -0.310 e. The number of nitrogens with one attached hydrogen (secondary N) is 1. The molecule has 0 amide bonds. The molecule has 2 rings (SSSR count). The van der Waals surface area contributed by atoms with Crippen LogP contribution in [0, 0.1) is 0 Å². The maximum Gasteiger partial charge on any atom is 0.0212 e. The summed E-state index contributed by atoms with van der Waals surface area (Å²) in [4.78, 5) is 2.75. The molecule has 0 aromatic carbocycles. The van der Waals surface area contributed by atoms with Gasteiger partial charge in [-0.3, -0.25) is 4.90 Å².